The Morgan fingerprint density at radius 2 is 1.20 bits per heavy atom. The van der Waals surface area contributed by atoms with E-state index >= 15 is 0 Å². The number of benzene rings is 6. The molecule has 1 aliphatic carbocycles. The molecule has 0 bridgehead atoms. The van der Waals surface area contributed by atoms with Gasteiger partial charge < -0.3 is 14.8 Å². The molecule has 3 aliphatic rings. The molecular formula is C41H30N2O2. The van der Waals surface area contributed by atoms with Gasteiger partial charge in [-0.05, 0) is 69.3 Å². The second-order valence-electron chi connectivity index (χ2n) is 12.4. The van der Waals surface area contributed by atoms with E-state index in [4.69, 9.17) is 14.5 Å². The highest BCUT2D eigenvalue weighted by molar-refractivity contribution is 6.16. The minimum absolute atomic E-state index is 0.102. The Labute approximate surface area is 262 Å². The third kappa shape index (κ3) is 4.10. The van der Waals surface area contributed by atoms with Crippen molar-refractivity contribution < 1.29 is 9.47 Å². The van der Waals surface area contributed by atoms with Crippen LogP contribution in [0.15, 0.2) is 138 Å². The molecule has 0 spiro atoms. The number of rotatable bonds is 3. The Morgan fingerprint density at radius 1 is 0.533 bits per heavy atom. The zero-order valence-corrected chi connectivity index (χ0v) is 25.0. The minimum Gasteiger partial charge on any atom is -0.449 e. The fourth-order valence-electron chi connectivity index (χ4n) is 6.99. The number of anilines is 1. The molecule has 1 unspecified atom stereocenters. The zero-order chi connectivity index (χ0) is 30.1. The van der Waals surface area contributed by atoms with Crippen LogP contribution >= 0.6 is 0 Å². The number of fused-ring (bicyclic) bond motifs is 6. The van der Waals surface area contributed by atoms with Crippen LogP contribution in [0.2, 0.25) is 0 Å². The summed E-state index contributed by atoms with van der Waals surface area (Å²) in [5, 5.41) is 3.63. The Hall–Kier alpha value is -5.61. The molecule has 0 amide bonds. The first kappa shape index (κ1) is 25.8. The van der Waals surface area contributed by atoms with Crippen LogP contribution in [-0.2, 0) is 5.41 Å². The summed E-state index contributed by atoms with van der Waals surface area (Å²) in [6, 6.07) is 46.5. The molecular weight excluding hydrogens is 552 g/mol. The van der Waals surface area contributed by atoms with Crippen LogP contribution < -0.4 is 14.8 Å². The Kier molecular flexibility index (Phi) is 5.57. The van der Waals surface area contributed by atoms with E-state index in [1.807, 2.05) is 12.1 Å². The summed E-state index contributed by atoms with van der Waals surface area (Å²) in [6.45, 7) is 4.55. The van der Waals surface area contributed by atoms with E-state index in [1.165, 1.54) is 22.3 Å². The lowest BCUT2D eigenvalue weighted by Crippen LogP contribution is -2.20. The number of hydrogen-bond acceptors (Lipinski definition) is 4. The SMILES string of the molecule is CC1(C)c2ccccc2-c2cc3c(cc21)Oc1cc(-c2ccc(C4N=C(c5ccccc5)c5ccccc5N4)cc2)ccc1O3. The predicted octanol–water partition coefficient (Wildman–Crippen LogP) is 10.5. The molecule has 0 saturated carbocycles. The van der Waals surface area contributed by atoms with Crippen molar-refractivity contribution in [3.63, 3.8) is 0 Å². The van der Waals surface area contributed by atoms with Crippen molar-refractivity contribution in [1.29, 1.82) is 0 Å². The molecule has 0 radical (unpaired) electrons. The van der Waals surface area contributed by atoms with Crippen LogP contribution in [0.25, 0.3) is 22.3 Å². The number of hydrogen-bond donors (Lipinski definition) is 1. The molecule has 6 aromatic rings. The van der Waals surface area contributed by atoms with Crippen molar-refractivity contribution in [1.82, 2.24) is 0 Å². The molecule has 2 aliphatic heterocycles. The molecule has 0 fully saturated rings. The second-order valence-corrected chi connectivity index (χ2v) is 12.4. The van der Waals surface area contributed by atoms with Crippen LogP contribution in [0.1, 0.15) is 47.8 Å². The van der Waals surface area contributed by atoms with E-state index in [1.54, 1.807) is 0 Å². The molecule has 216 valence electrons. The van der Waals surface area contributed by atoms with Crippen LogP contribution in [-0.4, -0.2) is 5.71 Å². The lowest BCUT2D eigenvalue weighted by Gasteiger charge is -2.26. The van der Waals surface area contributed by atoms with E-state index in [0.29, 0.717) is 0 Å². The molecule has 4 heteroatoms. The first-order valence-electron chi connectivity index (χ1n) is 15.4. The van der Waals surface area contributed by atoms with Gasteiger partial charge in [0.15, 0.2) is 23.0 Å². The van der Waals surface area contributed by atoms with Crippen molar-refractivity contribution in [3.05, 3.63) is 161 Å². The van der Waals surface area contributed by atoms with Crippen LogP contribution in [0, 0.1) is 0 Å². The maximum atomic E-state index is 6.51. The van der Waals surface area contributed by atoms with Gasteiger partial charge in [0, 0.05) is 22.2 Å². The van der Waals surface area contributed by atoms with Gasteiger partial charge in [0.1, 0.15) is 6.17 Å². The topological polar surface area (TPSA) is 42.8 Å². The summed E-state index contributed by atoms with van der Waals surface area (Å²) in [4.78, 5) is 5.16. The predicted molar refractivity (Wildman–Crippen MR) is 181 cm³/mol. The highest BCUT2D eigenvalue weighted by Crippen LogP contribution is 2.55. The summed E-state index contributed by atoms with van der Waals surface area (Å²) in [5.74, 6) is 2.95. The average Bonchev–Trinajstić information content (AvgIpc) is 3.31. The number of nitrogens with zero attached hydrogens (tertiary/aromatic N) is 1. The molecule has 9 rings (SSSR count). The highest BCUT2D eigenvalue weighted by Gasteiger charge is 2.37. The monoisotopic (exact) mass is 582 g/mol. The third-order valence-corrected chi connectivity index (χ3v) is 9.37. The molecule has 2 heterocycles. The fraction of sp³-hybridized carbons (Fsp3) is 0.0976. The minimum atomic E-state index is -0.182. The smallest absolute Gasteiger partial charge is 0.170 e. The molecule has 4 nitrogen and oxygen atoms in total. The van der Waals surface area contributed by atoms with E-state index < -0.39 is 0 Å². The number of ether oxygens (including phenoxy) is 2. The number of para-hydroxylation sites is 1. The normalized spacial score (nSPS) is 16.4. The molecule has 0 aromatic heterocycles. The average molecular weight is 583 g/mol. The zero-order valence-electron chi connectivity index (χ0n) is 25.0. The first-order valence-corrected chi connectivity index (χ1v) is 15.4. The van der Waals surface area contributed by atoms with Crippen LogP contribution in [0.5, 0.6) is 23.0 Å². The summed E-state index contributed by atoms with van der Waals surface area (Å²) < 4.78 is 12.9. The maximum absolute atomic E-state index is 6.51. The van der Waals surface area contributed by atoms with Gasteiger partial charge >= 0.3 is 0 Å². The number of nitrogens with one attached hydrogen (secondary N) is 1. The van der Waals surface area contributed by atoms with Gasteiger partial charge in [-0.3, -0.25) is 4.99 Å². The molecule has 45 heavy (non-hydrogen) atoms. The maximum Gasteiger partial charge on any atom is 0.170 e. The number of aliphatic imine (C=N–C) groups is 1. The van der Waals surface area contributed by atoms with Crippen molar-refractivity contribution in [2.24, 2.45) is 4.99 Å². The second kappa shape index (κ2) is 9.70. The molecule has 1 N–H and O–H groups in total. The molecule has 0 saturated heterocycles. The van der Waals surface area contributed by atoms with Crippen molar-refractivity contribution in [2.45, 2.75) is 25.4 Å². The third-order valence-electron chi connectivity index (χ3n) is 9.37. The van der Waals surface area contributed by atoms with Gasteiger partial charge in [0.25, 0.3) is 0 Å². The van der Waals surface area contributed by atoms with Gasteiger partial charge in [-0.2, -0.15) is 0 Å². The summed E-state index contributed by atoms with van der Waals surface area (Å²) >= 11 is 0. The lowest BCUT2D eigenvalue weighted by atomic mass is 9.82. The highest BCUT2D eigenvalue weighted by atomic mass is 16.6. The van der Waals surface area contributed by atoms with Gasteiger partial charge in [0.2, 0.25) is 0 Å². The summed E-state index contributed by atoms with van der Waals surface area (Å²) in [7, 11) is 0. The van der Waals surface area contributed by atoms with E-state index in [-0.39, 0.29) is 11.6 Å². The van der Waals surface area contributed by atoms with Gasteiger partial charge in [0.05, 0.1) is 5.71 Å². The van der Waals surface area contributed by atoms with Gasteiger partial charge in [-0.1, -0.05) is 117 Å². The fourth-order valence-corrected chi connectivity index (χ4v) is 6.99. The van der Waals surface area contributed by atoms with Crippen molar-refractivity contribution >= 4 is 11.4 Å². The largest absolute Gasteiger partial charge is 0.449 e. The Bertz CT molecular complexity index is 2160. The summed E-state index contributed by atoms with van der Waals surface area (Å²) in [5.41, 5.74) is 12.6. The first-order chi connectivity index (χ1) is 22.0. The standard InChI is InChI=1S/C41H30N2O2/c1-41(2)32-14-8-6-12-29(32)31-23-37-38(24-33(31)41)45-36-22-28(20-21-35(36)44-37)25-16-18-27(19-17-25)40-42-34-15-9-7-13-30(34)39(43-40)26-10-4-3-5-11-26/h3-24,40,42H,1-2H3. The van der Waals surface area contributed by atoms with E-state index in [2.05, 4.69) is 140 Å². The van der Waals surface area contributed by atoms with Crippen molar-refractivity contribution in [2.75, 3.05) is 5.32 Å². The Balaban J connectivity index is 1.01. The van der Waals surface area contributed by atoms with Crippen LogP contribution in [0.4, 0.5) is 5.69 Å². The summed E-state index contributed by atoms with van der Waals surface area (Å²) in [6.07, 6.45) is -0.182. The Morgan fingerprint density at radius 3 is 2.04 bits per heavy atom. The quantitative estimate of drug-likeness (QED) is 0.225. The van der Waals surface area contributed by atoms with Gasteiger partial charge in [-0.15, -0.1) is 0 Å². The lowest BCUT2D eigenvalue weighted by molar-refractivity contribution is 0.359. The van der Waals surface area contributed by atoms with Crippen molar-refractivity contribution in [3.8, 4) is 45.3 Å². The van der Waals surface area contributed by atoms with E-state index in [0.717, 1.165) is 62.2 Å². The van der Waals surface area contributed by atoms with Gasteiger partial charge in [-0.25, -0.2) is 0 Å². The molecule has 6 aromatic carbocycles. The van der Waals surface area contributed by atoms with Crippen LogP contribution in [0.3, 0.4) is 0 Å². The van der Waals surface area contributed by atoms with E-state index in [9.17, 15) is 0 Å². The molecule has 1 atom stereocenters.